The normalized spacial score (nSPS) is 31.2. The van der Waals surface area contributed by atoms with E-state index in [2.05, 4.69) is 5.32 Å². The maximum Gasteiger partial charge on any atom is 0.242 e. The van der Waals surface area contributed by atoms with E-state index in [-0.39, 0.29) is 11.8 Å². The Hall–Kier alpha value is -1.03. The molecule has 4 N–H and O–H groups in total. The van der Waals surface area contributed by atoms with Crippen molar-refractivity contribution >= 4 is 5.91 Å². The van der Waals surface area contributed by atoms with Gasteiger partial charge in [0.1, 0.15) is 11.8 Å². The summed E-state index contributed by atoms with van der Waals surface area (Å²) in [5, 5.41) is 12.0. The van der Waals surface area contributed by atoms with E-state index in [0.717, 1.165) is 6.42 Å². The number of rotatable bonds is 1. The number of nitrogens with one attached hydrogen (secondary N) is 1. The maximum atomic E-state index is 10.7. The average Bonchev–Trinajstić information content (AvgIpc) is 1.94. The van der Waals surface area contributed by atoms with Gasteiger partial charge < -0.3 is 10.8 Å². The number of carbonyl (C=O) groups excluding carboxylic acids is 1. The molecule has 1 aliphatic heterocycles. The molecule has 1 heterocycles. The van der Waals surface area contributed by atoms with Crippen LogP contribution in [0.4, 0.5) is 0 Å². The highest BCUT2D eigenvalue weighted by molar-refractivity contribution is 5.82. The molecule has 1 aliphatic rings. The highest BCUT2D eigenvalue weighted by atomic mass is 16.3. The van der Waals surface area contributed by atoms with Crippen LogP contribution in [0.15, 0.2) is 11.8 Å². The van der Waals surface area contributed by atoms with Gasteiger partial charge in [0, 0.05) is 6.04 Å². The van der Waals surface area contributed by atoms with Gasteiger partial charge in [-0.3, -0.25) is 10.1 Å². The third kappa shape index (κ3) is 1.71. The van der Waals surface area contributed by atoms with E-state index in [1.54, 1.807) is 6.08 Å². The molecule has 0 bridgehead atoms. The van der Waals surface area contributed by atoms with Crippen LogP contribution >= 0.6 is 0 Å². The van der Waals surface area contributed by atoms with Crippen molar-refractivity contribution in [3.63, 3.8) is 0 Å². The maximum absolute atomic E-state index is 10.7. The van der Waals surface area contributed by atoms with Crippen LogP contribution in [-0.4, -0.2) is 23.1 Å². The van der Waals surface area contributed by atoms with E-state index in [4.69, 9.17) is 10.8 Å². The predicted molar refractivity (Wildman–Crippen MR) is 40.9 cm³/mol. The summed E-state index contributed by atoms with van der Waals surface area (Å²) in [6, 6.07) is -0.498. The number of hydrogen-bond donors (Lipinski definition) is 3. The highest BCUT2D eigenvalue weighted by Gasteiger charge is 2.24. The van der Waals surface area contributed by atoms with Gasteiger partial charge in [-0.2, -0.15) is 0 Å². The number of aliphatic hydroxyl groups excluding tert-OH is 1. The molecule has 2 unspecified atom stereocenters. The number of carbonyl (C=O) groups is 1. The van der Waals surface area contributed by atoms with Gasteiger partial charge in [0.15, 0.2) is 0 Å². The lowest BCUT2D eigenvalue weighted by molar-refractivity contribution is -0.120. The third-order valence-electron chi connectivity index (χ3n) is 1.71. The fraction of sp³-hybridized carbons (Fsp3) is 0.571. The van der Waals surface area contributed by atoms with Crippen molar-refractivity contribution in [2.45, 2.75) is 25.4 Å². The topological polar surface area (TPSA) is 75.3 Å². The van der Waals surface area contributed by atoms with Crippen LogP contribution in [0.3, 0.4) is 0 Å². The van der Waals surface area contributed by atoms with E-state index in [1.807, 2.05) is 6.92 Å². The van der Waals surface area contributed by atoms with Gasteiger partial charge in [0.25, 0.3) is 0 Å². The summed E-state index contributed by atoms with van der Waals surface area (Å²) < 4.78 is 0. The summed E-state index contributed by atoms with van der Waals surface area (Å²) in [6.07, 6.45) is 2.35. The smallest absolute Gasteiger partial charge is 0.242 e. The molecule has 0 aromatic rings. The Bertz CT molecular complexity index is 201. The Labute approximate surface area is 65.1 Å². The van der Waals surface area contributed by atoms with E-state index in [9.17, 15) is 4.79 Å². The second-order valence-electron chi connectivity index (χ2n) is 2.77. The van der Waals surface area contributed by atoms with E-state index < -0.39 is 11.9 Å². The zero-order chi connectivity index (χ0) is 8.43. The largest absolute Gasteiger partial charge is 0.510 e. The molecule has 4 heteroatoms. The van der Waals surface area contributed by atoms with Crippen molar-refractivity contribution < 1.29 is 9.90 Å². The van der Waals surface area contributed by atoms with Gasteiger partial charge in [-0.1, -0.05) is 0 Å². The molecule has 2 atom stereocenters. The molecule has 11 heavy (non-hydrogen) atoms. The molecule has 1 amide bonds. The van der Waals surface area contributed by atoms with E-state index >= 15 is 0 Å². The molecule has 0 aliphatic carbocycles. The zero-order valence-corrected chi connectivity index (χ0v) is 6.37. The average molecular weight is 156 g/mol. The van der Waals surface area contributed by atoms with Gasteiger partial charge in [0.05, 0.1) is 0 Å². The predicted octanol–water partition coefficient (Wildman–Crippen LogP) is -0.336. The number of primary amides is 1. The molecular formula is C7H12N2O2. The second kappa shape index (κ2) is 2.92. The van der Waals surface area contributed by atoms with Crippen LogP contribution in [0.1, 0.15) is 13.3 Å². The lowest BCUT2D eigenvalue weighted by Gasteiger charge is -2.23. The molecule has 0 spiro atoms. The summed E-state index contributed by atoms with van der Waals surface area (Å²) in [4.78, 5) is 10.7. The number of nitrogens with two attached hydrogens (primary N) is 1. The molecule has 0 aromatic carbocycles. The molecular weight excluding hydrogens is 144 g/mol. The molecule has 0 saturated carbocycles. The van der Waals surface area contributed by atoms with Crippen molar-refractivity contribution in [1.82, 2.24) is 5.32 Å². The van der Waals surface area contributed by atoms with Crippen molar-refractivity contribution in [2.24, 2.45) is 5.73 Å². The van der Waals surface area contributed by atoms with Gasteiger partial charge in [-0.05, 0) is 19.4 Å². The first-order valence-corrected chi connectivity index (χ1v) is 3.55. The van der Waals surface area contributed by atoms with Gasteiger partial charge >= 0.3 is 0 Å². The van der Waals surface area contributed by atoms with Crippen LogP contribution in [0.25, 0.3) is 0 Å². The summed E-state index contributed by atoms with van der Waals surface area (Å²) in [7, 11) is 0. The van der Waals surface area contributed by atoms with E-state index in [1.165, 1.54) is 0 Å². The number of hydrogen-bond acceptors (Lipinski definition) is 3. The van der Waals surface area contributed by atoms with Gasteiger partial charge in [-0.15, -0.1) is 0 Å². The molecule has 1 rings (SSSR count). The standard InChI is InChI=1S/C7H12N2O2/c1-4-2-3-5(10)6(9-4)7(8)11/h3-4,6,9-10H,2H2,1H3,(H2,8,11). The van der Waals surface area contributed by atoms with Crippen molar-refractivity contribution in [3.05, 3.63) is 11.8 Å². The van der Waals surface area contributed by atoms with Crippen LogP contribution in [0.2, 0.25) is 0 Å². The first-order valence-electron chi connectivity index (χ1n) is 3.55. The van der Waals surface area contributed by atoms with Crippen molar-refractivity contribution in [3.8, 4) is 0 Å². The molecule has 4 nitrogen and oxygen atoms in total. The minimum Gasteiger partial charge on any atom is -0.510 e. The highest BCUT2D eigenvalue weighted by Crippen LogP contribution is 2.09. The first kappa shape index (κ1) is 8.07. The molecule has 0 fully saturated rings. The number of amides is 1. The molecule has 0 aromatic heterocycles. The van der Waals surface area contributed by atoms with Gasteiger partial charge in [-0.25, -0.2) is 0 Å². The summed E-state index contributed by atoms with van der Waals surface area (Å²) in [6.45, 7) is 1.93. The molecule has 0 radical (unpaired) electrons. The van der Waals surface area contributed by atoms with Crippen molar-refractivity contribution in [2.75, 3.05) is 0 Å². The Morgan fingerprint density at radius 1 is 1.91 bits per heavy atom. The van der Waals surface area contributed by atoms with Gasteiger partial charge in [0.2, 0.25) is 5.91 Å². The lowest BCUT2D eigenvalue weighted by Crippen LogP contribution is -2.48. The summed E-state index contributed by atoms with van der Waals surface area (Å²) in [5.41, 5.74) is 5.02. The van der Waals surface area contributed by atoms with Crippen LogP contribution in [0.5, 0.6) is 0 Å². The summed E-state index contributed by atoms with van der Waals surface area (Å²) >= 11 is 0. The zero-order valence-electron chi connectivity index (χ0n) is 6.37. The summed E-state index contributed by atoms with van der Waals surface area (Å²) in [5.74, 6) is -0.499. The fourth-order valence-electron chi connectivity index (χ4n) is 1.08. The minimum atomic E-state index is -0.696. The number of aliphatic hydroxyl groups is 1. The molecule has 0 saturated heterocycles. The monoisotopic (exact) mass is 156 g/mol. The van der Waals surface area contributed by atoms with Crippen LogP contribution in [0, 0.1) is 0 Å². The molecule has 62 valence electrons. The van der Waals surface area contributed by atoms with Crippen LogP contribution in [-0.2, 0) is 4.79 Å². The Balaban J connectivity index is 2.71. The third-order valence-corrected chi connectivity index (χ3v) is 1.71. The van der Waals surface area contributed by atoms with Crippen molar-refractivity contribution in [1.29, 1.82) is 0 Å². The first-order chi connectivity index (χ1) is 5.11. The Kier molecular flexibility index (Phi) is 2.14. The van der Waals surface area contributed by atoms with E-state index in [0.29, 0.717) is 0 Å². The lowest BCUT2D eigenvalue weighted by atomic mass is 10.1. The fourth-order valence-corrected chi connectivity index (χ4v) is 1.08. The Morgan fingerprint density at radius 2 is 2.55 bits per heavy atom. The second-order valence-corrected chi connectivity index (χ2v) is 2.77. The van der Waals surface area contributed by atoms with Crippen LogP contribution < -0.4 is 11.1 Å². The minimum absolute atomic E-state index is 0.0376. The SMILES string of the molecule is CC1CC=C(O)C(C(N)=O)N1. The Morgan fingerprint density at radius 3 is 3.00 bits per heavy atom. The quantitative estimate of drug-likeness (QED) is 0.486.